The summed E-state index contributed by atoms with van der Waals surface area (Å²) in [4.78, 5) is 4.42. The summed E-state index contributed by atoms with van der Waals surface area (Å²) in [6, 6.07) is 15.6. The Labute approximate surface area is 133 Å². The lowest BCUT2D eigenvalue weighted by Gasteiger charge is -2.12. The van der Waals surface area contributed by atoms with Gasteiger partial charge in [0.2, 0.25) is 0 Å². The predicted octanol–water partition coefficient (Wildman–Crippen LogP) is 5.21. The van der Waals surface area contributed by atoms with E-state index >= 15 is 0 Å². The van der Waals surface area contributed by atoms with Gasteiger partial charge in [-0.05, 0) is 18.2 Å². The highest BCUT2D eigenvalue weighted by molar-refractivity contribution is 6.32. The zero-order valence-corrected chi connectivity index (χ0v) is 12.7. The van der Waals surface area contributed by atoms with Crippen molar-refractivity contribution >= 4 is 34.1 Å². The minimum atomic E-state index is 0.322. The van der Waals surface area contributed by atoms with Crippen molar-refractivity contribution in [1.29, 1.82) is 0 Å². The number of hydrogen-bond acceptors (Lipinski definition) is 2. The van der Waals surface area contributed by atoms with E-state index in [9.17, 15) is 0 Å². The molecule has 1 aromatic heterocycles. The van der Waals surface area contributed by atoms with Gasteiger partial charge in [0.15, 0.2) is 0 Å². The van der Waals surface area contributed by atoms with Crippen molar-refractivity contribution in [2.45, 2.75) is 12.5 Å². The number of hydrogen-bond donors (Lipinski definition) is 0. The molecule has 4 heteroatoms. The lowest BCUT2D eigenvalue weighted by Crippen LogP contribution is -1.99. The largest absolute Gasteiger partial charge is 0.488 e. The number of para-hydroxylation sites is 1. The molecular weight excluding hydrogens is 305 g/mol. The summed E-state index contributed by atoms with van der Waals surface area (Å²) in [6.07, 6.45) is 1.79. The summed E-state index contributed by atoms with van der Waals surface area (Å²) >= 11 is 12.1. The molecule has 0 aliphatic heterocycles. The van der Waals surface area contributed by atoms with E-state index < -0.39 is 0 Å². The fourth-order valence-electron chi connectivity index (χ4n) is 2.24. The molecule has 3 rings (SSSR count). The van der Waals surface area contributed by atoms with E-state index in [2.05, 4.69) is 4.98 Å². The van der Waals surface area contributed by atoms with Crippen molar-refractivity contribution in [1.82, 2.24) is 4.98 Å². The number of ether oxygens (including phenoxy) is 1. The van der Waals surface area contributed by atoms with Gasteiger partial charge in [-0.2, -0.15) is 0 Å². The standard InChI is InChI=1S/C17H13Cl2NO/c18-10-14-15(19)7-2-8-16(14)21-11-13-5-1-4-12-6-3-9-20-17(12)13/h1-9H,10-11H2. The maximum Gasteiger partial charge on any atom is 0.125 e. The maximum atomic E-state index is 6.13. The second-order valence-corrected chi connectivity index (χ2v) is 5.31. The number of nitrogens with zero attached hydrogens (tertiary/aromatic N) is 1. The van der Waals surface area contributed by atoms with Crippen molar-refractivity contribution in [2.24, 2.45) is 0 Å². The van der Waals surface area contributed by atoms with E-state index in [-0.39, 0.29) is 0 Å². The molecule has 3 aromatic rings. The van der Waals surface area contributed by atoms with Crippen molar-refractivity contribution in [2.75, 3.05) is 0 Å². The molecule has 2 aromatic carbocycles. The second-order valence-electron chi connectivity index (χ2n) is 4.63. The highest BCUT2D eigenvalue weighted by Gasteiger charge is 2.08. The monoisotopic (exact) mass is 317 g/mol. The Morgan fingerprint density at radius 1 is 1.00 bits per heavy atom. The van der Waals surface area contributed by atoms with Gasteiger partial charge in [-0.25, -0.2) is 0 Å². The van der Waals surface area contributed by atoms with E-state index in [1.54, 1.807) is 6.20 Å². The minimum absolute atomic E-state index is 0.322. The van der Waals surface area contributed by atoms with E-state index in [4.69, 9.17) is 27.9 Å². The van der Waals surface area contributed by atoms with E-state index in [1.165, 1.54) is 0 Å². The van der Waals surface area contributed by atoms with Crippen molar-refractivity contribution in [3.8, 4) is 5.75 Å². The highest BCUT2D eigenvalue weighted by atomic mass is 35.5. The van der Waals surface area contributed by atoms with Crippen LogP contribution in [-0.2, 0) is 12.5 Å². The van der Waals surface area contributed by atoms with E-state index in [0.717, 1.165) is 22.0 Å². The van der Waals surface area contributed by atoms with Crippen LogP contribution in [0.5, 0.6) is 5.75 Å². The Hall–Kier alpha value is -1.77. The summed E-state index contributed by atoms with van der Waals surface area (Å²) in [5.41, 5.74) is 2.80. The van der Waals surface area contributed by atoms with Crippen LogP contribution in [0.2, 0.25) is 5.02 Å². The first-order chi connectivity index (χ1) is 10.3. The van der Waals surface area contributed by atoms with Gasteiger partial charge in [0.25, 0.3) is 0 Å². The van der Waals surface area contributed by atoms with Crippen LogP contribution in [0, 0.1) is 0 Å². The smallest absolute Gasteiger partial charge is 0.125 e. The molecule has 106 valence electrons. The number of alkyl halides is 1. The molecule has 0 spiro atoms. The van der Waals surface area contributed by atoms with Crippen LogP contribution >= 0.6 is 23.2 Å². The van der Waals surface area contributed by atoms with Crippen molar-refractivity contribution < 1.29 is 4.74 Å². The molecule has 0 saturated heterocycles. The predicted molar refractivity (Wildman–Crippen MR) is 87.1 cm³/mol. The molecule has 0 saturated carbocycles. The van der Waals surface area contributed by atoms with Crippen LogP contribution in [0.4, 0.5) is 0 Å². The molecule has 0 atom stereocenters. The van der Waals surface area contributed by atoms with Crippen LogP contribution < -0.4 is 4.74 Å². The molecule has 0 bridgehead atoms. The lowest BCUT2D eigenvalue weighted by atomic mass is 10.1. The third kappa shape index (κ3) is 2.97. The quantitative estimate of drug-likeness (QED) is 0.616. The van der Waals surface area contributed by atoms with Crippen molar-refractivity contribution in [3.05, 3.63) is 70.9 Å². The van der Waals surface area contributed by atoms with Crippen LogP contribution in [-0.4, -0.2) is 4.98 Å². The van der Waals surface area contributed by atoms with Gasteiger partial charge in [-0.15, -0.1) is 11.6 Å². The molecule has 0 aliphatic carbocycles. The van der Waals surface area contributed by atoms with Crippen LogP contribution in [0.15, 0.2) is 54.7 Å². The van der Waals surface area contributed by atoms with Gasteiger partial charge in [0, 0.05) is 27.7 Å². The summed E-state index contributed by atoms with van der Waals surface area (Å²) in [7, 11) is 0. The number of benzene rings is 2. The highest BCUT2D eigenvalue weighted by Crippen LogP contribution is 2.29. The van der Waals surface area contributed by atoms with Gasteiger partial charge in [-0.3, -0.25) is 4.98 Å². The summed E-state index contributed by atoms with van der Waals surface area (Å²) in [6.45, 7) is 0.429. The Balaban J connectivity index is 1.89. The Morgan fingerprint density at radius 3 is 2.67 bits per heavy atom. The molecule has 0 aliphatic rings. The van der Waals surface area contributed by atoms with Gasteiger partial charge in [-0.1, -0.05) is 41.9 Å². The summed E-state index contributed by atoms with van der Waals surface area (Å²) in [5, 5.41) is 1.72. The topological polar surface area (TPSA) is 22.1 Å². The van der Waals surface area contributed by atoms with Crippen LogP contribution in [0.1, 0.15) is 11.1 Å². The Morgan fingerprint density at radius 2 is 1.81 bits per heavy atom. The number of aromatic nitrogens is 1. The van der Waals surface area contributed by atoms with Crippen LogP contribution in [0.3, 0.4) is 0 Å². The number of fused-ring (bicyclic) bond motifs is 1. The normalized spacial score (nSPS) is 10.8. The molecular formula is C17H13Cl2NO. The van der Waals surface area contributed by atoms with Gasteiger partial charge in [0.05, 0.1) is 11.4 Å². The third-order valence-corrected chi connectivity index (χ3v) is 3.93. The molecule has 0 amide bonds. The van der Waals surface area contributed by atoms with Crippen LogP contribution in [0.25, 0.3) is 10.9 Å². The molecule has 0 radical (unpaired) electrons. The Bertz CT molecular complexity index is 768. The third-order valence-electron chi connectivity index (χ3n) is 3.31. The van der Waals surface area contributed by atoms with E-state index in [1.807, 2.05) is 48.5 Å². The number of pyridine rings is 1. The molecule has 0 unspecified atom stereocenters. The summed E-state index contributed by atoms with van der Waals surface area (Å²) in [5.74, 6) is 1.04. The molecule has 1 heterocycles. The summed E-state index contributed by atoms with van der Waals surface area (Å²) < 4.78 is 5.89. The lowest BCUT2D eigenvalue weighted by molar-refractivity contribution is 0.305. The fourth-order valence-corrected chi connectivity index (χ4v) is 2.82. The Kier molecular flexibility index (Phi) is 4.28. The fraction of sp³-hybridized carbons (Fsp3) is 0.118. The molecule has 21 heavy (non-hydrogen) atoms. The molecule has 2 nitrogen and oxygen atoms in total. The van der Waals surface area contributed by atoms with E-state index in [0.29, 0.717) is 23.3 Å². The van der Waals surface area contributed by atoms with Gasteiger partial charge < -0.3 is 4.74 Å². The van der Waals surface area contributed by atoms with Crippen molar-refractivity contribution in [3.63, 3.8) is 0 Å². The first kappa shape index (κ1) is 14.2. The second kappa shape index (κ2) is 6.33. The maximum absolute atomic E-state index is 6.13. The SMILES string of the molecule is ClCc1c(Cl)cccc1OCc1cccc2cccnc12. The van der Waals surface area contributed by atoms with Gasteiger partial charge >= 0.3 is 0 Å². The zero-order valence-electron chi connectivity index (χ0n) is 11.2. The van der Waals surface area contributed by atoms with Gasteiger partial charge in [0.1, 0.15) is 12.4 Å². The number of rotatable bonds is 4. The molecule has 0 N–H and O–H groups in total. The average molecular weight is 318 g/mol. The molecule has 0 fully saturated rings. The minimum Gasteiger partial charge on any atom is -0.488 e. The number of halogens is 2. The zero-order chi connectivity index (χ0) is 14.7. The first-order valence-electron chi connectivity index (χ1n) is 6.58. The average Bonchev–Trinajstić information content (AvgIpc) is 2.53. The first-order valence-corrected chi connectivity index (χ1v) is 7.49.